The summed E-state index contributed by atoms with van der Waals surface area (Å²) < 4.78 is 10.7. The topological polar surface area (TPSA) is 72.8 Å². The molecule has 1 atom stereocenters. The van der Waals surface area contributed by atoms with E-state index in [-0.39, 0.29) is 25.2 Å². The molecule has 0 aliphatic heterocycles. The molecule has 1 N–H and O–H groups in total. The Bertz CT molecular complexity index is 1310. The lowest BCUT2D eigenvalue weighted by Crippen LogP contribution is -2.28. The lowest BCUT2D eigenvalue weighted by Gasteiger charge is -2.15. The van der Waals surface area contributed by atoms with Gasteiger partial charge in [0.25, 0.3) is 0 Å². The molecule has 5 nitrogen and oxygen atoms in total. The summed E-state index contributed by atoms with van der Waals surface area (Å²) in [6, 6.07) is 0. The molecule has 0 aromatic carbocycles. The summed E-state index contributed by atoms with van der Waals surface area (Å²) in [4.78, 5) is 24.5. The van der Waals surface area contributed by atoms with Crippen molar-refractivity contribution in [3.63, 3.8) is 0 Å². The van der Waals surface area contributed by atoms with Gasteiger partial charge in [-0.05, 0) is 77.0 Å². The van der Waals surface area contributed by atoms with Crippen LogP contribution in [0.5, 0.6) is 0 Å². The zero-order valence-corrected chi connectivity index (χ0v) is 45.3. The van der Waals surface area contributed by atoms with Gasteiger partial charge in [-0.15, -0.1) is 0 Å². The van der Waals surface area contributed by atoms with Crippen molar-refractivity contribution in [2.24, 2.45) is 0 Å². The summed E-state index contributed by atoms with van der Waals surface area (Å²) in [5, 5.41) is 9.66. The second kappa shape index (κ2) is 59.1. The fraction of sp³-hybridized carbons (Fsp3) is 0.719. The molecule has 0 heterocycles. The van der Waals surface area contributed by atoms with Crippen LogP contribution in [0.2, 0.25) is 0 Å². The Kier molecular flexibility index (Phi) is 56.4. The van der Waals surface area contributed by atoms with Crippen molar-refractivity contribution in [1.29, 1.82) is 0 Å². The molecule has 0 amide bonds. The number of hydrogen-bond donors (Lipinski definition) is 1. The van der Waals surface area contributed by atoms with E-state index in [1.165, 1.54) is 154 Å². The molecule has 0 bridgehead atoms. The molecule has 0 spiro atoms. The Labute approximate surface area is 428 Å². The predicted molar refractivity (Wildman–Crippen MR) is 302 cm³/mol. The Hall–Kier alpha value is -3.18. The number of ether oxygens (including phenoxy) is 2. The summed E-state index contributed by atoms with van der Waals surface area (Å²) in [6.45, 7) is 4.04. The van der Waals surface area contributed by atoms with E-state index < -0.39 is 6.10 Å². The van der Waals surface area contributed by atoms with Gasteiger partial charge in [0.1, 0.15) is 6.61 Å². The lowest BCUT2D eigenvalue weighted by atomic mass is 10.0. The first-order chi connectivity index (χ1) is 34.1. The minimum absolute atomic E-state index is 0.0739. The molecule has 1 unspecified atom stereocenters. The van der Waals surface area contributed by atoms with Crippen LogP contribution in [0.3, 0.4) is 0 Å². The molecule has 69 heavy (non-hydrogen) atoms. The number of hydrogen-bond acceptors (Lipinski definition) is 5. The van der Waals surface area contributed by atoms with Crippen LogP contribution >= 0.6 is 0 Å². The molecule has 0 radical (unpaired) electrons. The van der Waals surface area contributed by atoms with Crippen LogP contribution in [0, 0.1) is 0 Å². The Balaban J connectivity index is 3.55. The summed E-state index contributed by atoms with van der Waals surface area (Å²) in [7, 11) is 0. The average Bonchev–Trinajstić information content (AvgIpc) is 3.35. The van der Waals surface area contributed by atoms with Gasteiger partial charge in [-0.25, -0.2) is 0 Å². The number of allylic oxidation sites excluding steroid dienone is 16. The van der Waals surface area contributed by atoms with E-state index in [4.69, 9.17) is 9.47 Å². The van der Waals surface area contributed by atoms with Gasteiger partial charge >= 0.3 is 11.9 Å². The van der Waals surface area contributed by atoms with Gasteiger partial charge < -0.3 is 14.6 Å². The summed E-state index contributed by atoms with van der Waals surface area (Å²) in [5.41, 5.74) is 0. The van der Waals surface area contributed by atoms with Gasteiger partial charge in [0.05, 0.1) is 6.61 Å². The highest BCUT2D eigenvalue weighted by atomic mass is 16.6. The van der Waals surface area contributed by atoms with E-state index in [1.807, 2.05) is 0 Å². The minimum atomic E-state index is -0.785. The Morgan fingerprint density at radius 2 is 0.623 bits per heavy atom. The SMILES string of the molecule is CC/C=C\C/C=C\C/C=C\C/C=C\C/C=C\C/C=C\C/C=C\C/C=C\CCCCCCCCC(=O)OC(CO)COC(=O)CCCCCCCCCCCCCCCCCCCCCCCCCC. The molecule has 0 rings (SSSR count). The van der Waals surface area contributed by atoms with E-state index >= 15 is 0 Å². The number of carbonyl (C=O) groups excluding carboxylic acids is 2. The van der Waals surface area contributed by atoms with Crippen molar-refractivity contribution in [2.75, 3.05) is 13.2 Å². The zero-order valence-electron chi connectivity index (χ0n) is 45.3. The van der Waals surface area contributed by atoms with Crippen molar-refractivity contribution < 1.29 is 24.2 Å². The third-order valence-corrected chi connectivity index (χ3v) is 12.6. The van der Waals surface area contributed by atoms with Crippen molar-refractivity contribution >= 4 is 11.9 Å². The third-order valence-electron chi connectivity index (χ3n) is 12.6. The van der Waals surface area contributed by atoms with Gasteiger partial charge in [0.15, 0.2) is 6.10 Å². The highest BCUT2D eigenvalue weighted by Gasteiger charge is 2.16. The van der Waals surface area contributed by atoms with E-state index in [9.17, 15) is 14.7 Å². The van der Waals surface area contributed by atoms with Crippen LogP contribution in [-0.4, -0.2) is 36.4 Å². The maximum absolute atomic E-state index is 12.3. The van der Waals surface area contributed by atoms with E-state index in [2.05, 4.69) is 111 Å². The third kappa shape index (κ3) is 57.3. The molecule has 396 valence electrons. The minimum Gasteiger partial charge on any atom is -0.462 e. The molecule has 5 heteroatoms. The van der Waals surface area contributed by atoms with Crippen molar-refractivity contribution in [1.82, 2.24) is 0 Å². The average molecular weight is 960 g/mol. The van der Waals surface area contributed by atoms with Crippen molar-refractivity contribution in [3.8, 4) is 0 Å². The second-order valence-corrected chi connectivity index (χ2v) is 19.3. The van der Waals surface area contributed by atoms with E-state index in [0.717, 1.165) is 96.3 Å². The maximum Gasteiger partial charge on any atom is 0.306 e. The fourth-order valence-electron chi connectivity index (χ4n) is 8.28. The second-order valence-electron chi connectivity index (χ2n) is 19.3. The molecule has 0 aromatic heterocycles. The van der Waals surface area contributed by atoms with Crippen molar-refractivity contribution in [3.05, 3.63) is 97.2 Å². The smallest absolute Gasteiger partial charge is 0.306 e. The molecule has 0 aromatic rings. The van der Waals surface area contributed by atoms with Gasteiger partial charge in [0, 0.05) is 12.8 Å². The van der Waals surface area contributed by atoms with Crippen LogP contribution in [0.15, 0.2) is 97.2 Å². The zero-order chi connectivity index (χ0) is 49.9. The summed E-state index contributed by atoms with van der Waals surface area (Å²) >= 11 is 0. The number of esters is 2. The molecular formula is C64H110O5. The van der Waals surface area contributed by atoms with Crippen LogP contribution < -0.4 is 0 Å². The maximum atomic E-state index is 12.3. The molecule has 0 saturated heterocycles. The molecule has 0 saturated carbocycles. The lowest BCUT2D eigenvalue weighted by molar-refractivity contribution is -0.161. The van der Waals surface area contributed by atoms with Crippen LogP contribution in [-0.2, 0) is 19.1 Å². The number of rotatable bonds is 53. The molecule has 0 fully saturated rings. The molecule has 0 aliphatic carbocycles. The van der Waals surface area contributed by atoms with Crippen LogP contribution in [0.4, 0.5) is 0 Å². The Morgan fingerprint density at radius 1 is 0.348 bits per heavy atom. The highest BCUT2D eigenvalue weighted by molar-refractivity contribution is 5.70. The fourth-order valence-corrected chi connectivity index (χ4v) is 8.28. The van der Waals surface area contributed by atoms with Crippen LogP contribution in [0.25, 0.3) is 0 Å². The monoisotopic (exact) mass is 959 g/mol. The first-order valence-electron chi connectivity index (χ1n) is 29.3. The Morgan fingerprint density at radius 3 is 0.942 bits per heavy atom. The molecule has 0 aliphatic rings. The quantitative estimate of drug-likeness (QED) is 0.0374. The van der Waals surface area contributed by atoms with Gasteiger partial charge in [-0.1, -0.05) is 284 Å². The van der Waals surface area contributed by atoms with E-state index in [1.54, 1.807) is 0 Å². The molecular weight excluding hydrogens is 849 g/mol. The number of unbranched alkanes of at least 4 members (excludes halogenated alkanes) is 29. The van der Waals surface area contributed by atoms with Crippen LogP contribution in [0.1, 0.15) is 277 Å². The predicted octanol–water partition coefficient (Wildman–Crippen LogP) is 19.9. The first-order valence-corrected chi connectivity index (χ1v) is 29.3. The standard InChI is InChI=1S/C64H110O5/c1-3-5-7-9-11-13-15-17-19-21-23-25-27-29-30-31-32-33-34-35-37-39-41-43-45-47-49-51-53-55-57-59-64(67)69-62(60-65)61-68-63(66)58-56-54-52-50-48-46-44-42-40-38-36-28-26-24-22-20-18-16-14-12-10-8-6-4-2/h5,7,11,13,17,19,23,25,29-30,32-33,35,37,41,43,62,65H,3-4,6,8-10,12,14-16,18,20-22,24,26-28,31,34,36,38-40,42,44-61H2,1-2H3/b7-5-,13-11-,19-17-,25-23-,30-29-,33-32-,37-35-,43-41-. The highest BCUT2D eigenvalue weighted by Crippen LogP contribution is 2.17. The largest absolute Gasteiger partial charge is 0.462 e. The summed E-state index contributed by atoms with van der Waals surface area (Å²) in [5.74, 6) is -0.602. The summed E-state index contributed by atoms with van der Waals surface area (Å²) in [6.07, 6.45) is 83.8. The normalized spacial score (nSPS) is 12.9. The van der Waals surface area contributed by atoms with Gasteiger partial charge in [0.2, 0.25) is 0 Å². The number of aliphatic hydroxyl groups is 1. The van der Waals surface area contributed by atoms with E-state index in [0.29, 0.717) is 12.8 Å². The van der Waals surface area contributed by atoms with Gasteiger partial charge in [-0.3, -0.25) is 9.59 Å². The van der Waals surface area contributed by atoms with Crippen molar-refractivity contribution in [2.45, 2.75) is 283 Å². The number of aliphatic hydroxyl groups excluding tert-OH is 1. The number of carbonyl (C=O) groups is 2. The first kappa shape index (κ1) is 65.8. The van der Waals surface area contributed by atoms with Gasteiger partial charge in [-0.2, -0.15) is 0 Å².